The summed E-state index contributed by atoms with van der Waals surface area (Å²) < 4.78 is 12.0. The first-order valence-electron chi connectivity index (χ1n) is 14.2. The molecule has 0 saturated carbocycles. The van der Waals surface area contributed by atoms with Crippen molar-refractivity contribution >= 4 is 16.6 Å². The molecule has 0 amide bonds. The summed E-state index contributed by atoms with van der Waals surface area (Å²) in [6.07, 6.45) is 5.23. The molecule has 39 heavy (non-hydrogen) atoms. The summed E-state index contributed by atoms with van der Waals surface area (Å²) in [6, 6.07) is 27.8. The molecule has 4 aromatic rings. The minimum atomic E-state index is -0.269. The lowest BCUT2D eigenvalue weighted by molar-refractivity contribution is 0.104. The van der Waals surface area contributed by atoms with E-state index in [9.17, 15) is 4.79 Å². The maximum atomic E-state index is 14.0. The van der Waals surface area contributed by atoms with Crippen molar-refractivity contribution in [3.63, 3.8) is 0 Å². The van der Waals surface area contributed by atoms with E-state index >= 15 is 0 Å². The third kappa shape index (κ3) is 6.88. The molecule has 0 radical (unpaired) electrons. The number of benzene rings is 4. The summed E-state index contributed by atoms with van der Waals surface area (Å²) in [7, 11) is 0. The number of carbonyl (C=O) groups is 1. The number of nitrogens with zero attached hydrogens (tertiary/aromatic N) is 1. The van der Waals surface area contributed by atoms with Crippen LogP contribution >= 0.6 is 0 Å². The third-order valence-electron chi connectivity index (χ3n) is 7.24. The summed E-state index contributed by atoms with van der Waals surface area (Å²) >= 11 is 0. The Morgan fingerprint density at radius 1 is 0.769 bits per heavy atom. The number of rotatable bonds is 8. The maximum absolute atomic E-state index is 14.0. The molecule has 1 aliphatic heterocycles. The molecule has 1 saturated heterocycles. The molecule has 1 aliphatic rings. The van der Waals surface area contributed by atoms with E-state index in [2.05, 4.69) is 23.1 Å². The Labute approximate surface area is 232 Å². The van der Waals surface area contributed by atoms with Gasteiger partial charge in [0.15, 0.2) is 5.78 Å². The minimum Gasteiger partial charge on any atom is -0.492 e. The molecule has 0 unspecified atom stereocenters. The number of hydrogen-bond donors (Lipinski definition) is 0. The summed E-state index contributed by atoms with van der Waals surface area (Å²) in [5.74, 6) is 1.62. The normalized spacial score (nSPS) is 14.6. The zero-order chi connectivity index (χ0) is 27.2. The zero-order valence-corrected chi connectivity index (χ0v) is 23.4. The second-order valence-corrected chi connectivity index (χ2v) is 11.4. The zero-order valence-electron chi connectivity index (χ0n) is 23.4. The van der Waals surface area contributed by atoms with E-state index in [0.717, 1.165) is 53.0 Å². The monoisotopic (exact) mass is 521 g/mol. The Morgan fingerprint density at radius 2 is 1.44 bits per heavy atom. The standard InChI is InChI=1S/C35H39NO3/c1-35(2,3)39-30-19-12-27(13-20-30)32-21-16-26-10-6-7-11-31(26)33(32)34(37)28-14-17-29(18-15-28)38-25-24-36-22-8-4-5-9-23-36/h6-7,10-21H,4-5,8-9,22-25H2,1-3H3. The fourth-order valence-electron chi connectivity index (χ4n) is 5.31. The quantitative estimate of drug-likeness (QED) is 0.219. The van der Waals surface area contributed by atoms with E-state index in [-0.39, 0.29) is 11.4 Å². The van der Waals surface area contributed by atoms with Crippen LogP contribution in [0.5, 0.6) is 11.5 Å². The lowest BCUT2D eigenvalue weighted by Gasteiger charge is -2.21. The van der Waals surface area contributed by atoms with Crippen LogP contribution in [0.15, 0.2) is 84.9 Å². The van der Waals surface area contributed by atoms with Crippen LogP contribution in [0.2, 0.25) is 0 Å². The molecule has 4 heteroatoms. The molecular weight excluding hydrogens is 482 g/mol. The Balaban J connectivity index is 1.37. The van der Waals surface area contributed by atoms with Crippen LogP contribution < -0.4 is 9.47 Å². The molecule has 1 fully saturated rings. The predicted octanol–water partition coefficient (Wildman–Crippen LogP) is 8.17. The van der Waals surface area contributed by atoms with Crippen molar-refractivity contribution in [2.24, 2.45) is 0 Å². The van der Waals surface area contributed by atoms with Crippen LogP contribution in [0, 0.1) is 0 Å². The van der Waals surface area contributed by atoms with E-state index in [1.807, 2.05) is 87.5 Å². The van der Waals surface area contributed by atoms with Gasteiger partial charge in [-0.1, -0.05) is 61.4 Å². The molecule has 202 valence electrons. The van der Waals surface area contributed by atoms with Crippen LogP contribution in [0.3, 0.4) is 0 Å². The van der Waals surface area contributed by atoms with Crippen molar-refractivity contribution in [2.75, 3.05) is 26.2 Å². The Morgan fingerprint density at radius 3 is 2.13 bits per heavy atom. The van der Waals surface area contributed by atoms with Gasteiger partial charge in [-0.05, 0) is 105 Å². The summed E-state index contributed by atoms with van der Waals surface area (Å²) in [5.41, 5.74) is 3.00. The minimum absolute atomic E-state index is 0.00735. The molecule has 0 atom stereocenters. The first-order valence-corrected chi connectivity index (χ1v) is 14.2. The van der Waals surface area contributed by atoms with Crippen LogP contribution in [0.1, 0.15) is 62.4 Å². The number of carbonyl (C=O) groups excluding carboxylic acids is 1. The van der Waals surface area contributed by atoms with Crippen molar-refractivity contribution < 1.29 is 14.3 Å². The second-order valence-electron chi connectivity index (χ2n) is 11.4. The number of hydrogen-bond acceptors (Lipinski definition) is 4. The van der Waals surface area contributed by atoms with Crippen LogP contribution in [-0.2, 0) is 0 Å². The van der Waals surface area contributed by atoms with Gasteiger partial charge in [0.25, 0.3) is 0 Å². The van der Waals surface area contributed by atoms with Gasteiger partial charge in [-0.2, -0.15) is 0 Å². The Kier molecular flexibility index (Phi) is 8.33. The van der Waals surface area contributed by atoms with Gasteiger partial charge in [-0.15, -0.1) is 0 Å². The first kappa shape index (κ1) is 27.0. The topological polar surface area (TPSA) is 38.8 Å². The van der Waals surface area contributed by atoms with Crippen LogP contribution in [0.25, 0.3) is 21.9 Å². The number of ketones is 1. The highest BCUT2D eigenvalue weighted by molar-refractivity contribution is 6.20. The van der Waals surface area contributed by atoms with Gasteiger partial charge >= 0.3 is 0 Å². The number of likely N-dealkylation sites (tertiary alicyclic amines) is 1. The largest absolute Gasteiger partial charge is 0.492 e. The van der Waals surface area contributed by atoms with E-state index in [1.54, 1.807) is 0 Å². The van der Waals surface area contributed by atoms with Crippen LogP contribution in [0.4, 0.5) is 0 Å². The highest BCUT2D eigenvalue weighted by Gasteiger charge is 2.19. The fourth-order valence-corrected chi connectivity index (χ4v) is 5.31. The molecular formula is C35H39NO3. The summed E-state index contributed by atoms with van der Waals surface area (Å²) in [6.45, 7) is 10.0. The van der Waals surface area contributed by atoms with E-state index < -0.39 is 0 Å². The lowest BCUT2D eigenvalue weighted by Crippen LogP contribution is -2.29. The van der Waals surface area contributed by atoms with Crippen molar-refractivity contribution in [3.8, 4) is 22.6 Å². The Bertz CT molecular complexity index is 1390. The van der Waals surface area contributed by atoms with Crippen LogP contribution in [-0.4, -0.2) is 42.5 Å². The fraction of sp³-hybridized carbons (Fsp3) is 0.343. The molecule has 0 aliphatic carbocycles. The summed E-state index contributed by atoms with van der Waals surface area (Å²) in [5, 5.41) is 2.00. The van der Waals surface area contributed by atoms with Crippen molar-refractivity contribution in [3.05, 3.63) is 96.1 Å². The third-order valence-corrected chi connectivity index (χ3v) is 7.24. The van der Waals surface area contributed by atoms with Gasteiger partial charge in [-0.25, -0.2) is 0 Å². The highest BCUT2D eigenvalue weighted by atomic mass is 16.5. The van der Waals surface area contributed by atoms with Gasteiger partial charge in [0, 0.05) is 17.7 Å². The molecule has 4 aromatic carbocycles. The highest BCUT2D eigenvalue weighted by Crippen LogP contribution is 2.34. The smallest absolute Gasteiger partial charge is 0.194 e. The van der Waals surface area contributed by atoms with Gasteiger partial charge in [-0.3, -0.25) is 9.69 Å². The molecule has 0 N–H and O–H groups in total. The number of fused-ring (bicyclic) bond motifs is 1. The Hall–Kier alpha value is -3.63. The first-order chi connectivity index (χ1) is 18.9. The average Bonchev–Trinajstić information content (AvgIpc) is 3.21. The second kappa shape index (κ2) is 12.0. The van der Waals surface area contributed by atoms with Crippen molar-refractivity contribution in [1.29, 1.82) is 0 Å². The van der Waals surface area contributed by atoms with Crippen molar-refractivity contribution in [2.45, 2.75) is 52.1 Å². The lowest BCUT2D eigenvalue weighted by atomic mass is 9.89. The van der Waals surface area contributed by atoms with Gasteiger partial charge in [0.2, 0.25) is 0 Å². The van der Waals surface area contributed by atoms with E-state index in [4.69, 9.17) is 9.47 Å². The van der Waals surface area contributed by atoms with Gasteiger partial charge in [0.1, 0.15) is 23.7 Å². The molecule has 5 rings (SSSR count). The van der Waals surface area contributed by atoms with Crippen molar-refractivity contribution in [1.82, 2.24) is 4.90 Å². The maximum Gasteiger partial charge on any atom is 0.194 e. The molecule has 1 heterocycles. The summed E-state index contributed by atoms with van der Waals surface area (Å²) in [4.78, 5) is 16.5. The molecule has 4 nitrogen and oxygen atoms in total. The molecule has 0 spiro atoms. The van der Waals surface area contributed by atoms with Gasteiger partial charge < -0.3 is 9.47 Å². The average molecular weight is 522 g/mol. The SMILES string of the molecule is CC(C)(C)Oc1ccc(-c2ccc3ccccc3c2C(=O)c2ccc(OCCN3CCCCCC3)cc2)cc1. The molecule has 0 bridgehead atoms. The predicted molar refractivity (Wildman–Crippen MR) is 160 cm³/mol. The van der Waals surface area contributed by atoms with E-state index in [1.165, 1.54) is 25.7 Å². The molecule has 0 aromatic heterocycles. The van der Waals surface area contributed by atoms with E-state index in [0.29, 0.717) is 17.7 Å². The van der Waals surface area contributed by atoms with Gasteiger partial charge in [0.05, 0.1) is 0 Å². The number of ether oxygens (including phenoxy) is 2.